The minimum absolute atomic E-state index is 0.0687. The zero-order valence-electron chi connectivity index (χ0n) is 46.3. The molecule has 0 amide bonds. The zero-order chi connectivity index (χ0) is 50.6. The minimum Gasteiger partial charge on any atom is -0.462 e. The molecular formula is C65H112O5. The maximum absolute atomic E-state index is 12.9. The molecule has 0 heterocycles. The van der Waals surface area contributed by atoms with Crippen LogP contribution in [0.5, 0.6) is 0 Å². The van der Waals surface area contributed by atoms with Crippen LogP contribution >= 0.6 is 0 Å². The molecule has 402 valence electrons. The normalized spacial score (nSPS) is 12.9. The fourth-order valence-corrected chi connectivity index (χ4v) is 8.15. The molecule has 0 radical (unpaired) electrons. The lowest BCUT2D eigenvalue weighted by Crippen LogP contribution is -2.30. The van der Waals surface area contributed by atoms with Crippen molar-refractivity contribution in [2.24, 2.45) is 0 Å². The van der Waals surface area contributed by atoms with E-state index >= 15 is 0 Å². The van der Waals surface area contributed by atoms with Gasteiger partial charge in [0.25, 0.3) is 0 Å². The van der Waals surface area contributed by atoms with E-state index in [0.717, 1.165) is 96.3 Å². The molecule has 0 aromatic carbocycles. The van der Waals surface area contributed by atoms with Gasteiger partial charge in [-0.2, -0.15) is 0 Å². The number of unbranched alkanes of at least 4 members (excludes halogenated alkanes) is 27. The molecule has 5 nitrogen and oxygen atoms in total. The van der Waals surface area contributed by atoms with Crippen LogP contribution in [0.15, 0.2) is 97.2 Å². The SMILES string of the molecule is CC/C=C\C/C=C\C/C=C\CCCCCCCCCC(=O)OCC(COCCCCCCCCC/C=C\C/C=C\C/C=C\CCCCC)OC(=O)CCCCCCCCC/C=C\C/C=C\CCCCC. The summed E-state index contributed by atoms with van der Waals surface area (Å²) in [5.41, 5.74) is 0. The molecule has 0 rings (SSSR count). The van der Waals surface area contributed by atoms with E-state index in [2.05, 4.69) is 118 Å². The summed E-state index contributed by atoms with van der Waals surface area (Å²) in [5, 5.41) is 0. The number of allylic oxidation sites excluding steroid dienone is 16. The molecule has 1 unspecified atom stereocenters. The molecule has 0 saturated heterocycles. The van der Waals surface area contributed by atoms with Gasteiger partial charge in [0.15, 0.2) is 6.10 Å². The monoisotopic (exact) mass is 973 g/mol. The van der Waals surface area contributed by atoms with E-state index < -0.39 is 6.10 Å². The lowest BCUT2D eigenvalue weighted by atomic mass is 10.1. The molecule has 70 heavy (non-hydrogen) atoms. The van der Waals surface area contributed by atoms with E-state index in [0.29, 0.717) is 19.4 Å². The maximum Gasteiger partial charge on any atom is 0.306 e. The number of hydrogen-bond donors (Lipinski definition) is 0. The van der Waals surface area contributed by atoms with Crippen LogP contribution in [0.2, 0.25) is 0 Å². The van der Waals surface area contributed by atoms with Gasteiger partial charge in [-0.3, -0.25) is 9.59 Å². The number of ether oxygens (including phenoxy) is 3. The van der Waals surface area contributed by atoms with Crippen LogP contribution in [0.4, 0.5) is 0 Å². The van der Waals surface area contributed by atoms with Crippen LogP contribution in [0.25, 0.3) is 0 Å². The summed E-state index contributed by atoms with van der Waals surface area (Å²) < 4.78 is 17.5. The van der Waals surface area contributed by atoms with Gasteiger partial charge in [0, 0.05) is 19.4 Å². The lowest BCUT2D eigenvalue weighted by Gasteiger charge is -2.18. The number of carbonyl (C=O) groups excluding carboxylic acids is 2. The molecule has 0 aliphatic carbocycles. The second-order valence-corrected chi connectivity index (χ2v) is 19.5. The standard InChI is InChI=1S/C65H112O5/c1-4-7-10-13-16-19-22-25-28-31-32-33-36-39-42-45-48-51-54-57-60-68-61-63(70-65(67)59-56-53-50-47-44-41-38-35-30-27-24-21-18-15-12-9-6-3)62-69-64(66)58-55-52-49-46-43-40-37-34-29-26-23-20-17-14-11-8-5-2/h8,11,16-21,25-30,32-33,63H,4-7,9-10,12-15,22-24,31,34-62H2,1-3H3/b11-8-,19-16-,20-17-,21-18-,28-25-,29-26-,30-27-,33-32-. The predicted molar refractivity (Wildman–Crippen MR) is 306 cm³/mol. The van der Waals surface area contributed by atoms with Gasteiger partial charge < -0.3 is 14.2 Å². The zero-order valence-corrected chi connectivity index (χ0v) is 46.3. The molecule has 0 fully saturated rings. The van der Waals surface area contributed by atoms with E-state index in [4.69, 9.17) is 14.2 Å². The Morgan fingerprint density at radius 2 is 0.643 bits per heavy atom. The smallest absolute Gasteiger partial charge is 0.306 e. The van der Waals surface area contributed by atoms with Crippen molar-refractivity contribution in [1.29, 1.82) is 0 Å². The first-order valence-corrected chi connectivity index (χ1v) is 29.8. The fraction of sp³-hybridized carbons (Fsp3) is 0.723. The number of carbonyl (C=O) groups is 2. The van der Waals surface area contributed by atoms with Crippen molar-refractivity contribution >= 4 is 11.9 Å². The first kappa shape index (κ1) is 66.8. The van der Waals surface area contributed by atoms with Crippen LogP contribution in [0, 0.1) is 0 Å². The van der Waals surface area contributed by atoms with Crippen molar-refractivity contribution in [2.75, 3.05) is 19.8 Å². The summed E-state index contributed by atoms with van der Waals surface area (Å²) in [7, 11) is 0. The molecule has 0 spiro atoms. The molecule has 0 aromatic heterocycles. The van der Waals surface area contributed by atoms with Crippen molar-refractivity contribution in [3.05, 3.63) is 97.2 Å². The Morgan fingerprint density at radius 3 is 1.03 bits per heavy atom. The molecule has 0 bridgehead atoms. The Balaban J connectivity index is 4.34. The molecular weight excluding hydrogens is 861 g/mol. The van der Waals surface area contributed by atoms with Gasteiger partial charge >= 0.3 is 11.9 Å². The van der Waals surface area contributed by atoms with E-state index in [9.17, 15) is 9.59 Å². The average Bonchev–Trinajstić information content (AvgIpc) is 3.36. The molecule has 0 aromatic rings. The van der Waals surface area contributed by atoms with Crippen molar-refractivity contribution in [1.82, 2.24) is 0 Å². The average molecular weight is 974 g/mol. The first-order valence-electron chi connectivity index (χ1n) is 29.8. The van der Waals surface area contributed by atoms with Gasteiger partial charge in [0.2, 0.25) is 0 Å². The van der Waals surface area contributed by atoms with Crippen molar-refractivity contribution in [3.63, 3.8) is 0 Å². The van der Waals surface area contributed by atoms with E-state index in [1.165, 1.54) is 148 Å². The quantitative estimate of drug-likeness (QED) is 0.0345. The highest BCUT2D eigenvalue weighted by atomic mass is 16.6. The molecule has 0 N–H and O–H groups in total. The van der Waals surface area contributed by atoms with Gasteiger partial charge in [-0.15, -0.1) is 0 Å². The van der Waals surface area contributed by atoms with Gasteiger partial charge in [-0.1, -0.05) is 240 Å². The Morgan fingerprint density at radius 1 is 0.329 bits per heavy atom. The highest BCUT2D eigenvalue weighted by molar-refractivity contribution is 5.70. The molecule has 5 heteroatoms. The molecule has 0 aliphatic rings. The third kappa shape index (κ3) is 57.4. The summed E-state index contributed by atoms with van der Waals surface area (Å²) in [6, 6.07) is 0. The Bertz CT molecular complexity index is 1330. The molecule has 0 aliphatic heterocycles. The number of rotatable bonds is 54. The molecule has 0 saturated carbocycles. The van der Waals surface area contributed by atoms with Crippen LogP contribution in [0.1, 0.15) is 278 Å². The summed E-state index contributed by atoms with van der Waals surface area (Å²) in [6.45, 7) is 7.65. The summed E-state index contributed by atoms with van der Waals surface area (Å²) >= 11 is 0. The number of hydrogen-bond acceptors (Lipinski definition) is 5. The molecule has 1 atom stereocenters. The number of esters is 2. The summed E-state index contributed by atoms with van der Waals surface area (Å²) in [5.74, 6) is -0.420. The van der Waals surface area contributed by atoms with Gasteiger partial charge in [0.1, 0.15) is 6.61 Å². The van der Waals surface area contributed by atoms with Gasteiger partial charge in [-0.25, -0.2) is 0 Å². The summed E-state index contributed by atoms with van der Waals surface area (Å²) in [6.07, 6.45) is 81.4. The highest BCUT2D eigenvalue weighted by Crippen LogP contribution is 2.14. The Kier molecular flexibility index (Phi) is 57.4. The van der Waals surface area contributed by atoms with Crippen LogP contribution in [-0.4, -0.2) is 37.9 Å². The van der Waals surface area contributed by atoms with E-state index in [1.807, 2.05) is 0 Å². The lowest BCUT2D eigenvalue weighted by molar-refractivity contribution is -0.163. The van der Waals surface area contributed by atoms with Crippen molar-refractivity contribution in [3.8, 4) is 0 Å². The first-order chi connectivity index (χ1) is 34.6. The predicted octanol–water partition coefficient (Wildman–Crippen LogP) is 20.6. The third-order valence-corrected chi connectivity index (χ3v) is 12.6. The Hall–Kier alpha value is -3.18. The topological polar surface area (TPSA) is 61.8 Å². The third-order valence-electron chi connectivity index (χ3n) is 12.6. The highest BCUT2D eigenvalue weighted by Gasteiger charge is 2.17. The van der Waals surface area contributed by atoms with Crippen LogP contribution in [-0.2, 0) is 23.8 Å². The van der Waals surface area contributed by atoms with Crippen molar-refractivity contribution < 1.29 is 23.8 Å². The van der Waals surface area contributed by atoms with Crippen LogP contribution in [0.3, 0.4) is 0 Å². The van der Waals surface area contributed by atoms with Crippen molar-refractivity contribution in [2.45, 2.75) is 284 Å². The van der Waals surface area contributed by atoms with Gasteiger partial charge in [-0.05, 0) is 122 Å². The Labute approximate surface area is 434 Å². The minimum atomic E-state index is -0.557. The summed E-state index contributed by atoms with van der Waals surface area (Å²) in [4.78, 5) is 25.6. The van der Waals surface area contributed by atoms with Crippen LogP contribution < -0.4 is 0 Å². The second-order valence-electron chi connectivity index (χ2n) is 19.5. The second kappa shape index (κ2) is 60.1. The van der Waals surface area contributed by atoms with E-state index in [1.54, 1.807) is 0 Å². The van der Waals surface area contributed by atoms with Gasteiger partial charge in [0.05, 0.1) is 6.61 Å². The maximum atomic E-state index is 12.9. The fourth-order valence-electron chi connectivity index (χ4n) is 8.15. The largest absolute Gasteiger partial charge is 0.462 e. The van der Waals surface area contributed by atoms with E-state index in [-0.39, 0.29) is 25.2 Å².